The summed E-state index contributed by atoms with van der Waals surface area (Å²) in [4.78, 5) is 6.38. The summed E-state index contributed by atoms with van der Waals surface area (Å²) < 4.78 is 41.7. The molecule has 1 aliphatic carbocycles. The van der Waals surface area contributed by atoms with Gasteiger partial charge in [-0.15, -0.1) is 0 Å². The number of alkyl halides is 3. The van der Waals surface area contributed by atoms with Gasteiger partial charge in [0.1, 0.15) is 6.10 Å². The molecule has 2 rings (SSSR count). The molecule has 0 aliphatic heterocycles. The highest BCUT2D eigenvalue weighted by Crippen LogP contribution is 2.27. The normalized spacial score (nSPS) is 25.0. The Hall–Kier alpha value is -1.37. The van der Waals surface area contributed by atoms with Crippen LogP contribution in [0, 0.1) is 0 Å². The van der Waals surface area contributed by atoms with E-state index in [1.807, 2.05) is 0 Å². The van der Waals surface area contributed by atoms with Gasteiger partial charge in [0.2, 0.25) is 5.82 Å². The van der Waals surface area contributed by atoms with Crippen molar-refractivity contribution in [3.63, 3.8) is 0 Å². The van der Waals surface area contributed by atoms with Gasteiger partial charge in [-0.1, -0.05) is 0 Å². The lowest BCUT2D eigenvalue weighted by Gasteiger charge is -2.32. The Labute approximate surface area is 89.6 Å². The van der Waals surface area contributed by atoms with Crippen molar-refractivity contribution in [2.45, 2.75) is 31.2 Å². The minimum absolute atomic E-state index is 0.0321. The van der Waals surface area contributed by atoms with Crippen molar-refractivity contribution in [2.75, 3.05) is 0 Å². The van der Waals surface area contributed by atoms with Crippen molar-refractivity contribution in [3.8, 4) is 5.75 Å². The van der Waals surface area contributed by atoms with Gasteiger partial charge in [-0.2, -0.15) is 13.2 Å². The Morgan fingerprint density at radius 2 is 1.81 bits per heavy atom. The minimum Gasteiger partial charge on any atom is -0.487 e. The number of nitrogens with two attached hydrogens (primary N) is 1. The number of ether oxygens (including phenoxy) is 1. The van der Waals surface area contributed by atoms with Crippen LogP contribution in [0.1, 0.15) is 18.7 Å². The molecule has 0 aromatic carbocycles. The van der Waals surface area contributed by atoms with Crippen molar-refractivity contribution >= 4 is 0 Å². The lowest BCUT2D eigenvalue weighted by molar-refractivity contribution is -0.145. The van der Waals surface area contributed by atoms with E-state index in [-0.39, 0.29) is 17.9 Å². The zero-order valence-corrected chi connectivity index (χ0v) is 8.24. The van der Waals surface area contributed by atoms with Gasteiger partial charge in [0, 0.05) is 6.04 Å². The summed E-state index contributed by atoms with van der Waals surface area (Å²) in [6, 6.07) is 0.125. The third-order valence-electron chi connectivity index (χ3n) is 2.32. The van der Waals surface area contributed by atoms with Gasteiger partial charge in [-0.25, -0.2) is 9.97 Å². The van der Waals surface area contributed by atoms with Crippen LogP contribution in [0.15, 0.2) is 12.4 Å². The van der Waals surface area contributed by atoms with Crippen LogP contribution < -0.4 is 10.5 Å². The van der Waals surface area contributed by atoms with E-state index >= 15 is 0 Å². The molecule has 16 heavy (non-hydrogen) atoms. The molecule has 0 atom stereocenters. The number of halogens is 3. The van der Waals surface area contributed by atoms with Crippen LogP contribution in [0.5, 0.6) is 5.75 Å². The molecule has 0 spiro atoms. The fourth-order valence-electron chi connectivity index (χ4n) is 1.42. The molecular formula is C9H10F3N3O. The fraction of sp³-hybridized carbons (Fsp3) is 0.556. The molecule has 0 radical (unpaired) electrons. The third-order valence-corrected chi connectivity index (χ3v) is 2.32. The van der Waals surface area contributed by atoms with E-state index in [0.29, 0.717) is 12.8 Å². The van der Waals surface area contributed by atoms with Gasteiger partial charge in [0.25, 0.3) is 0 Å². The summed E-state index contributed by atoms with van der Waals surface area (Å²) >= 11 is 0. The van der Waals surface area contributed by atoms with Crippen LogP contribution in [-0.2, 0) is 6.18 Å². The van der Waals surface area contributed by atoms with E-state index in [0.717, 1.165) is 12.4 Å². The largest absolute Gasteiger partial charge is 0.487 e. The number of hydrogen-bond acceptors (Lipinski definition) is 4. The second-order valence-corrected chi connectivity index (χ2v) is 3.71. The molecule has 1 saturated carbocycles. The Morgan fingerprint density at radius 3 is 2.25 bits per heavy atom. The average molecular weight is 233 g/mol. The summed E-state index contributed by atoms with van der Waals surface area (Å²) in [6.07, 6.45) is -1.08. The van der Waals surface area contributed by atoms with Crippen molar-refractivity contribution < 1.29 is 17.9 Å². The molecule has 0 saturated heterocycles. The summed E-state index contributed by atoms with van der Waals surface area (Å²) in [5.74, 6) is -0.921. The van der Waals surface area contributed by atoms with Gasteiger partial charge in [0.05, 0.1) is 12.4 Å². The molecule has 88 valence electrons. The first-order chi connectivity index (χ1) is 7.45. The highest BCUT2D eigenvalue weighted by molar-refractivity contribution is 5.14. The molecule has 0 unspecified atom stereocenters. The first kappa shape index (κ1) is 11.1. The molecule has 1 aliphatic rings. The summed E-state index contributed by atoms with van der Waals surface area (Å²) in [5.41, 5.74) is 5.54. The van der Waals surface area contributed by atoms with E-state index < -0.39 is 12.0 Å². The number of hydrogen-bond donors (Lipinski definition) is 1. The first-order valence-corrected chi connectivity index (χ1v) is 4.76. The Morgan fingerprint density at radius 1 is 1.25 bits per heavy atom. The predicted molar refractivity (Wildman–Crippen MR) is 48.7 cm³/mol. The van der Waals surface area contributed by atoms with Crippen LogP contribution in [0.25, 0.3) is 0 Å². The Kier molecular flexibility index (Phi) is 2.71. The van der Waals surface area contributed by atoms with Crippen molar-refractivity contribution in [3.05, 3.63) is 18.2 Å². The van der Waals surface area contributed by atoms with E-state index in [2.05, 4.69) is 9.97 Å². The van der Waals surface area contributed by atoms with Crippen molar-refractivity contribution in [1.82, 2.24) is 9.97 Å². The smallest absolute Gasteiger partial charge is 0.451 e. The highest BCUT2D eigenvalue weighted by atomic mass is 19.4. The number of nitrogens with zero attached hydrogens (tertiary/aromatic N) is 2. The van der Waals surface area contributed by atoms with E-state index in [4.69, 9.17) is 10.5 Å². The standard InChI is InChI=1S/C9H10F3N3O/c10-9(11,12)8-14-3-7(4-15-8)16-6-1-5(13)2-6/h3-6H,1-2,13H2. The van der Waals surface area contributed by atoms with Crippen LogP contribution in [0.4, 0.5) is 13.2 Å². The predicted octanol–water partition coefficient (Wildman–Crippen LogP) is 1.36. The molecule has 2 N–H and O–H groups in total. The Bertz CT molecular complexity index is 359. The molecule has 1 aromatic rings. The topological polar surface area (TPSA) is 61.0 Å². The first-order valence-electron chi connectivity index (χ1n) is 4.76. The average Bonchev–Trinajstić information content (AvgIpc) is 2.15. The molecule has 0 bridgehead atoms. The van der Waals surface area contributed by atoms with Gasteiger partial charge in [-0.3, -0.25) is 0 Å². The molecule has 7 heteroatoms. The summed E-state index contributed by atoms with van der Waals surface area (Å²) in [6.45, 7) is 0. The maximum absolute atomic E-state index is 12.1. The zero-order chi connectivity index (χ0) is 11.8. The van der Waals surface area contributed by atoms with Crippen LogP contribution in [0.2, 0.25) is 0 Å². The van der Waals surface area contributed by atoms with Crippen molar-refractivity contribution in [1.29, 1.82) is 0 Å². The van der Waals surface area contributed by atoms with Crippen LogP contribution in [-0.4, -0.2) is 22.1 Å². The molecule has 4 nitrogen and oxygen atoms in total. The van der Waals surface area contributed by atoms with Gasteiger partial charge in [0.15, 0.2) is 5.75 Å². The summed E-state index contributed by atoms with van der Waals surface area (Å²) in [5, 5.41) is 0. The zero-order valence-electron chi connectivity index (χ0n) is 8.24. The minimum atomic E-state index is -4.52. The van der Waals surface area contributed by atoms with E-state index in [9.17, 15) is 13.2 Å². The second kappa shape index (κ2) is 3.89. The quantitative estimate of drug-likeness (QED) is 0.837. The highest BCUT2D eigenvalue weighted by Gasteiger charge is 2.34. The van der Waals surface area contributed by atoms with Gasteiger partial charge >= 0.3 is 6.18 Å². The Balaban J connectivity index is 1.97. The number of rotatable bonds is 2. The molecule has 1 aromatic heterocycles. The third kappa shape index (κ3) is 2.41. The van der Waals surface area contributed by atoms with Crippen LogP contribution in [0.3, 0.4) is 0 Å². The van der Waals surface area contributed by atoms with Crippen LogP contribution >= 0.6 is 0 Å². The summed E-state index contributed by atoms with van der Waals surface area (Å²) in [7, 11) is 0. The SMILES string of the molecule is NC1CC(Oc2cnc(C(F)(F)F)nc2)C1. The van der Waals surface area contributed by atoms with Crippen molar-refractivity contribution in [2.24, 2.45) is 5.73 Å². The van der Waals surface area contributed by atoms with E-state index in [1.54, 1.807) is 0 Å². The van der Waals surface area contributed by atoms with Gasteiger partial charge in [-0.05, 0) is 12.8 Å². The van der Waals surface area contributed by atoms with E-state index in [1.165, 1.54) is 0 Å². The monoisotopic (exact) mass is 233 g/mol. The maximum Gasteiger partial charge on any atom is 0.451 e. The van der Waals surface area contributed by atoms with Gasteiger partial charge < -0.3 is 10.5 Å². The lowest BCUT2D eigenvalue weighted by atomic mass is 9.90. The maximum atomic E-state index is 12.1. The fourth-order valence-corrected chi connectivity index (χ4v) is 1.42. The molecule has 1 heterocycles. The number of aromatic nitrogens is 2. The molecule has 1 fully saturated rings. The lowest BCUT2D eigenvalue weighted by Crippen LogP contribution is -2.43. The molecule has 0 amide bonds. The second-order valence-electron chi connectivity index (χ2n) is 3.71. The molecular weight excluding hydrogens is 223 g/mol.